The normalized spacial score (nSPS) is 12.2. The summed E-state index contributed by atoms with van der Waals surface area (Å²) in [7, 11) is 0. The van der Waals surface area contributed by atoms with Crippen LogP contribution in [0.4, 0.5) is 4.39 Å². The van der Waals surface area contributed by atoms with Gasteiger partial charge in [-0.1, -0.05) is 18.2 Å². The molecule has 1 aromatic rings. The molecule has 0 aliphatic carbocycles. The van der Waals surface area contributed by atoms with Crippen LogP contribution < -0.4 is 5.73 Å². The molecule has 0 saturated carbocycles. The summed E-state index contributed by atoms with van der Waals surface area (Å²) < 4.78 is 18.1. The van der Waals surface area contributed by atoms with Crippen LogP contribution in [0.3, 0.4) is 0 Å². The van der Waals surface area contributed by atoms with Crippen LogP contribution in [-0.2, 0) is 15.3 Å². The van der Waals surface area contributed by atoms with E-state index in [9.17, 15) is 9.18 Å². The summed E-state index contributed by atoms with van der Waals surface area (Å²) in [5, 5.41) is 0. The van der Waals surface area contributed by atoms with Crippen LogP contribution in [0.15, 0.2) is 24.3 Å². The number of rotatable bonds is 7. The highest BCUT2D eigenvalue weighted by atomic mass is 32.2. The second-order valence-corrected chi connectivity index (χ2v) is 4.90. The lowest BCUT2D eigenvalue weighted by molar-refractivity contribution is -0.144. The summed E-state index contributed by atoms with van der Waals surface area (Å²) in [4.78, 5) is 11.2. The molecule has 18 heavy (non-hydrogen) atoms. The first kappa shape index (κ1) is 15.0. The molecular weight excluding hydrogens is 253 g/mol. The summed E-state index contributed by atoms with van der Waals surface area (Å²) in [5.74, 6) is 0.722. The van der Waals surface area contributed by atoms with E-state index in [0.29, 0.717) is 30.1 Å². The minimum Gasteiger partial charge on any atom is -0.465 e. The molecule has 0 amide bonds. The van der Waals surface area contributed by atoms with E-state index < -0.39 is 6.04 Å². The van der Waals surface area contributed by atoms with Crippen molar-refractivity contribution in [3.8, 4) is 0 Å². The Morgan fingerprint density at radius 1 is 1.50 bits per heavy atom. The van der Waals surface area contributed by atoms with Crippen molar-refractivity contribution in [2.75, 3.05) is 12.4 Å². The summed E-state index contributed by atoms with van der Waals surface area (Å²) in [6.45, 7) is 2.09. The molecule has 1 rings (SSSR count). The van der Waals surface area contributed by atoms with Crippen molar-refractivity contribution >= 4 is 17.7 Å². The van der Waals surface area contributed by atoms with Crippen molar-refractivity contribution in [2.24, 2.45) is 5.73 Å². The highest BCUT2D eigenvalue weighted by molar-refractivity contribution is 7.98. The number of thioether (sulfide) groups is 1. The second kappa shape index (κ2) is 8.11. The van der Waals surface area contributed by atoms with Crippen molar-refractivity contribution in [3.63, 3.8) is 0 Å². The molecule has 0 aromatic heterocycles. The molecular formula is C13H18FNO2S. The molecule has 5 heteroatoms. The topological polar surface area (TPSA) is 52.3 Å². The first-order chi connectivity index (χ1) is 8.65. The number of hydrogen-bond acceptors (Lipinski definition) is 4. The lowest BCUT2D eigenvalue weighted by atomic mass is 10.2. The molecule has 0 heterocycles. The van der Waals surface area contributed by atoms with E-state index in [4.69, 9.17) is 10.5 Å². The van der Waals surface area contributed by atoms with Crippen LogP contribution in [0.1, 0.15) is 18.9 Å². The number of carbonyl (C=O) groups excluding carboxylic acids is 1. The third kappa shape index (κ3) is 5.06. The van der Waals surface area contributed by atoms with Crippen LogP contribution in [0.25, 0.3) is 0 Å². The third-order valence-electron chi connectivity index (χ3n) is 2.38. The molecule has 2 N–H and O–H groups in total. The predicted octanol–water partition coefficient (Wildman–Crippen LogP) is 2.34. The maximum atomic E-state index is 13.3. The van der Waals surface area contributed by atoms with E-state index in [2.05, 4.69) is 0 Å². The zero-order valence-electron chi connectivity index (χ0n) is 10.4. The summed E-state index contributed by atoms with van der Waals surface area (Å²) >= 11 is 1.56. The minimum atomic E-state index is -0.585. The SMILES string of the molecule is CCOC(=O)C(N)CCSCc1ccccc1F. The first-order valence-electron chi connectivity index (χ1n) is 5.88. The Bertz CT molecular complexity index is 387. The Labute approximate surface area is 111 Å². The van der Waals surface area contributed by atoms with E-state index in [1.165, 1.54) is 6.07 Å². The molecule has 0 aliphatic heterocycles. The van der Waals surface area contributed by atoms with Gasteiger partial charge in [0.25, 0.3) is 0 Å². The quantitative estimate of drug-likeness (QED) is 0.611. The molecule has 1 unspecified atom stereocenters. The maximum absolute atomic E-state index is 13.3. The Kier molecular flexibility index (Phi) is 6.75. The van der Waals surface area contributed by atoms with E-state index >= 15 is 0 Å². The molecule has 1 aromatic carbocycles. The largest absolute Gasteiger partial charge is 0.465 e. The zero-order chi connectivity index (χ0) is 13.4. The molecule has 0 radical (unpaired) electrons. The smallest absolute Gasteiger partial charge is 0.322 e. The number of halogens is 1. The van der Waals surface area contributed by atoms with E-state index in [0.717, 1.165) is 0 Å². The monoisotopic (exact) mass is 271 g/mol. The fraction of sp³-hybridized carbons (Fsp3) is 0.462. The van der Waals surface area contributed by atoms with Crippen LogP contribution in [-0.4, -0.2) is 24.4 Å². The Balaban J connectivity index is 2.23. The van der Waals surface area contributed by atoms with Gasteiger partial charge in [0.05, 0.1) is 6.61 Å². The van der Waals surface area contributed by atoms with Gasteiger partial charge in [-0.05, 0) is 30.7 Å². The van der Waals surface area contributed by atoms with Crippen LogP contribution >= 0.6 is 11.8 Å². The molecule has 1 atom stereocenters. The fourth-order valence-corrected chi connectivity index (χ4v) is 2.39. The molecule has 100 valence electrons. The van der Waals surface area contributed by atoms with Gasteiger partial charge in [0.1, 0.15) is 11.9 Å². The number of benzene rings is 1. The van der Waals surface area contributed by atoms with Crippen LogP contribution in [0.5, 0.6) is 0 Å². The lowest BCUT2D eigenvalue weighted by Gasteiger charge is -2.10. The van der Waals surface area contributed by atoms with Gasteiger partial charge < -0.3 is 10.5 Å². The van der Waals surface area contributed by atoms with Crippen molar-refractivity contribution in [1.82, 2.24) is 0 Å². The van der Waals surface area contributed by atoms with Gasteiger partial charge >= 0.3 is 5.97 Å². The van der Waals surface area contributed by atoms with Crippen LogP contribution in [0.2, 0.25) is 0 Å². The summed E-state index contributed by atoms with van der Waals surface area (Å²) in [6, 6.07) is 6.09. The lowest BCUT2D eigenvalue weighted by Crippen LogP contribution is -2.32. The Morgan fingerprint density at radius 2 is 2.22 bits per heavy atom. The van der Waals surface area contributed by atoms with E-state index in [1.807, 2.05) is 6.07 Å². The van der Waals surface area contributed by atoms with E-state index in [-0.39, 0.29) is 11.8 Å². The number of carbonyl (C=O) groups is 1. The fourth-order valence-electron chi connectivity index (χ4n) is 1.38. The minimum absolute atomic E-state index is 0.195. The van der Waals surface area contributed by atoms with Crippen molar-refractivity contribution in [2.45, 2.75) is 25.1 Å². The molecule has 0 bridgehead atoms. The van der Waals surface area contributed by atoms with Crippen molar-refractivity contribution in [1.29, 1.82) is 0 Å². The summed E-state index contributed by atoms with van der Waals surface area (Å²) in [5.41, 5.74) is 6.32. The second-order valence-electron chi connectivity index (χ2n) is 3.79. The molecule has 0 aliphatic rings. The number of esters is 1. The van der Waals surface area contributed by atoms with E-state index in [1.54, 1.807) is 30.8 Å². The first-order valence-corrected chi connectivity index (χ1v) is 7.04. The predicted molar refractivity (Wildman–Crippen MR) is 71.8 cm³/mol. The molecule has 0 spiro atoms. The van der Waals surface area contributed by atoms with Crippen LogP contribution in [0, 0.1) is 5.82 Å². The third-order valence-corrected chi connectivity index (χ3v) is 3.42. The molecule has 0 saturated heterocycles. The summed E-state index contributed by atoms with van der Waals surface area (Å²) in [6.07, 6.45) is 0.540. The molecule has 3 nitrogen and oxygen atoms in total. The Morgan fingerprint density at radius 3 is 2.89 bits per heavy atom. The van der Waals surface area contributed by atoms with Gasteiger partial charge in [0.2, 0.25) is 0 Å². The van der Waals surface area contributed by atoms with Crippen molar-refractivity contribution < 1.29 is 13.9 Å². The standard InChI is InChI=1S/C13H18FNO2S/c1-2-17-13(16)12(15)7-8-18-9-10-5-3-4-6-11(10)14/h3-6,12H,2,7-9,15H2,1H3. The Hall–Kier alpha value is -1.07. The van der Waals surface area contributed by atoms with Gasteiger partial charge in [0, 0.05) is 5.75 Å². The van der Waals surface area contributed by atoms with Crippen molar-refractivity contribution in [3.05, 3.63) is 35.6 Å². The zero-order valence-corrected chi connectivity index (χ0v) is 11.2. The van der Waals surface area contributed by atoms with Gasteiger partial charge in [-0.15, -0.1) is 0 Å². The number of ether oxygens (including phenoxy) is 1. The highest BCUT2D eigenvalue weighted by Gasteiger charge is 2.13. The van der Waals surface area contributed by atoms with Gasteiger partial charge in [-0.2, -0.15) is 11.8 Å². The number of nitrogens with two attached hydrogens (primary N) is 1. The highest BCUT2D eigenvalue weighted by Crippen LogP contribution is 2.16. The van der Waals surface area contributed by atoms with Gasteiger partial charge in [-0.25, -0.2) is 4.39 Å². The average Bonchev–Trinajstić information content (AvgIpc) is 2.36. The maximum Gasteiger partial charge on any atom is 0.322 e. The molecule has 0 fully saturated rings. The van der Waals surface area contributed by atoms with Gasteiger partial charge in [-0.3, -0.25) is 4.79 Å². The van der Waals surface area contributed by atoms with Gasteiger partial charge in [0.15, 0.2) is 0 Å². The number of hydrogen-bond donors (Lipinski definition) is 1. The average molecular weight is 271 g/mol.